The molecule has 34 heavy (non-hydrogen) atoms. The number of aromatic nitrogens is 6. The van der Waals surface area contributed by atoms with Gasteiger partial charge in [-0.15, -0.1) is 10.2 Å². The third-order valence-corrected chi connectivity index (χ3v) is 5.15. The number of hydrogen-bond donors (Lipinski definition) is 2. The second-order valence-electron chi connectivity index (χ2n) is 7.54. The fourth-order valence-electron chi connectivity index (χ4n) is 3.25. The van der Waals surface area contributed by atoms with Gasteiger partial charge in [0.1, 0.15) is 18.0 Å². The summed E-state index contributed by atoms with van der Waals surface area (Å²) in [5.74, 6) is -0.818. The molecule has 0 atom stereocenters. The van der Waals surface area contributed by atoms with E-state index in [0.29, 0.717) is 35.1 Å². The number of nitrogens with zero attached hydrogens (tertiary/aromatic N) is 7. The molecule has 2 aromatic heterocycles. The molecule has 0 spiro atoms. The Morgan fingerprint density at radius 2 is 1.94 bits per heavy atom. The van der Waals surface area contributed by atoms with Crippen LogP contribution in [0, 0.1) is 0 Å². The average Bonchev–Trinajstić information content (AvgIpc) is 3.45. The molecule has 0 radical (unpaired) electrons. The fourth-order valence-corrected chi connectivity index (χ4v) is 3.41. The van der Waals surface area contributed by atoms with Crippen molar-refractivity contribution in [2.75, 3.05) is 24.6 Å². The van der Waals surface area contributed by atoms with Crippen LogP contribution in [-0.2, 0) is 40.9 Å². The van der Waals surface area contributed by atoms with Gasteiger partial charge in [-0.2, -0.15) is 0 Å². The average molecular weight is 488 g/mol. The number of halogens is 1. The number of nitrogens with one attached hydrogen (secondary N) is 2. The maximum atomic E-state index is 12.3. The molecule has 178 valence electrons. The normalized spacial score (nSPS) is 12.8. The molecular weight excluding hydrogens is 466 g/mol. The number of hydrogen-bond acceptors (Lipinski definition) is 8. The van der Waals surface area contributed by atoms with E-state index in [1.807, 2.05) is 6.20 Å². The van der Waals surface area contributed by atoms with Gasteiger partial charge in [-0.25, -0.2) is 0 Å². The Hall–Kier alpha value is -4.00. The summed E-state index contributed by atoms with van der Waals surface area (Å²) >= 11 is 6.00. The minimum atomic E-state index is -0.494. The van der Waals surface area contributed by atoms with E-state index < -0.39 is 11.8 Å². The van der Waals surface area contributed by atoms with Crippen molar-refractivity contribution >= 4 is 35.0 Å². The molecule has 0 aliphatic carbocycles. The van der Waals surface area contributed by atoms with Crippen molar-refractivity contribution in [1.82, 2.24) is 40.6 Å². The first-order valence-corrected chi connectivity index (χ1v) is 10.8. The van der Waals surface area contributed by atoms with Crippen LogP contribution in [0.1, 0.15) is 11.4 Å². The highest BCUT2D eigenvalue weighted by Gasteiger charge is 2.27. The van der Waals surface area contributed by atoms with Crippen LogP contribution < -0.4 is 20.3 Å². The van der Waals surface area contributed by atoms with Crippen LogP contribution in [0.25, 0.3) is 0 Å². The molecule has 1 aliphatic heterocycles. The quantitative estimate of drug-likeness (QED) is 0.408. The summed E-state index contributed by atoms with van der Waals surface area (Å²) < 4.78 is 8.63. The summed E-state index contributed by atoms with van der Waals surface area (Å²) in [6, 6.07) is 4.82. The molecule has 0 unspecified atom stereocenters. The van der Waals surface area contributed by atoms with Gasteiger partial charge in [-0.05, 0) is 18.2 Å². The Labute approximate surface area is 199 Å². The molecule has 3 aromatic rings. The Balaban J connectivity index is 1.20. The lowest BCUT2D eigenvalue weighted by atomic mass is 10.2. The standard InChI is InChI=1S/C20H22ClN9O4/c1-28-9-14(24-26-28)4-5-29-10-15(25-27-29)7-22-18(31)8-23-19(32)11-30-16-6-13(21)2-3-17(16)34-12-20(30)33/h2-3,6,9-10H,4-5,7-8,11-12H2,1H3,(H,22,31)(H,23,32). The van der Waals surface area contributed by atoms with E-state index in [-0.39, 0.29) is 32.1 Å². The number of fused-ring (bicyclic) bond motifs is 1. The molecule has 0 fully saturated rings. The summed E-state index contributed by atoms with van der Waals surface area (Å²) in [6.45, 7) is 0.0450. The fraction of sp³-hybridized carbons (Fsp3) is 0.350. The van der Waals surface area contributed by atoms with Gasteiger partial charge >= 0.3 is 0 Å². The van der Waals surface area contributed by atoms with E-state index in [1.165, 1.54) is 4.90 Å². The topological polar surface area (TPSA) is 149 Å². The molecule has 0 bridgehead atoms. The molecule has 1 aromatic carbocycles. The number of amides is 3. The number of benzene rings is 1. The van der Waals surface area contributed by atoms with Crippen LogP contribution in [0.5, 0.6) is 5.75 Å². The minimum Gasteiger partial charge on any atom is -0.482 e. The third-order valence-electron chi connectivity index (χ3n) is 4.91. The SMILES string of the molecule is Cn1cc(CCn2cc(CNC(=O)CNC(=O)CN3C(=O)COc4ccc(Cl)cc43)nn2)nn1. The minimum absolute atomic E-state index is 0.160. The van der Waals surface area contributed by atoms with Gasteiger partial charge in [-0.3, -0.25) is 28.6 Å². The first kappa shape index (κ1) is 23.2. The summed E-state index contributed by atoms with van der Waals surface area (Å²) in [4.78, 5) is 37.9. The van der Waals surface area contributed by atoms with Crippen LogP contribution in [0.3, 0.4) is 0 Å². The van der Waals surface area contributed by atoms with Gasteiger partial charge in [0.15, 0.2) is 6.61 Å². The highest BCUT2D eigenvalue weighted by atomic mass is 35.5. The van der Waals surface area contributed by atoms with Crippen LogP contribution >= 0.6 is 11.6 Å². The molecule has 3 heterocycles. The lowest BCUT2D eigenvalue weighted by molar-refractivity contribution is -0.127. The second-order valence-corrected chi connectivity index (χ2v) is 7.98. The van der Waals surface area contributed by atoms with Crippen molar-refractivity contribution in [1.29, 1.82) is 0 Å². The lowest BCUT2D eigenvalue weighted by Crippen LogP contribution is -2.46. The van der Waals surface area contributed by atoms with Gasteiger partial charge < -0.3 is 15.4 Å². The molecule has 13 nitrogen and oxygen atoms in total. The second kappa shape index (κ2) is 10.3. The Bertz CT molecular complexity index is 1210. The zero-order chi connectivity index (χ0) is 24.1. The van der Waals surface area contributed by atoms with E-state index in [9.17, 15) is 14.4 Å². The largest absolute Gasteiger partial charge is 0.482 e. The van der Waals surface area contributed by atoms with Gasteiger partial charge in [0.2, 0.25) is 11.8 Å². The van der Waals surface area contributed by atoms with Gasteiger partial charge in [0.05, 0.1) is 30.7 Å². The molecule has 0 saturated heterocycles. The first-order chi connectivity index (χ1) is 16.4. The van der Waals surface area contributed by atoms with Gasteiger partial charge in [0, 0.05) is 31.2 Å². The lowest BCUT2D eigenvalue weighted by Gasteiger charge is -2.28. The van der Waals surface area contributed by atoms with Crippen LogP contribution in [0.4, 0.5) is 5.69 Å². The Kier molecular flexibility index (Phi) is 7.01. The van der Waals surface area contributed by atoms with Crippen molar-refractivity contribution in [3.05, 3.63) is 47.0 Å². The molecule has 2 N–H and O–H groups in total. The maximum absolute atomic E-state index is 12.3. The van der Waals surface area contributed by atoms with Crippen molar-refractivity contribution < 1.29 is 19.1 Å². The summed E-state index contributed by atoms with van der Waals surface area (Å²) in [5, 5.41) is 21.5. The Morgan fingerprint density at radius 3 is 2.74 bits per heavy atom. The molecule has 0 saturated carbocycles. The van der Waals surface area contributed by atoms with E-state index in [0.717, 1.165) is 5.69 Å². The molecule has 14 heteroatoms. The van der Waals surface area contributed by atoms with E-state index in [1.54, 1.807) is 40.8 Å². The first-order valence-electron chi connectivity index (χ1n) is 10.4. The smallest absolute Gasteiger partial charge is 0.265 e. The predicted octanol–water partition coefficient (Wildman–Crippen LogP) is -0.539. The molecular formula is C20H22ClN9O4. The maximum Gasteiger partial charge on any atom is 0.265 e. The van der Waals surface area contributed by atoms with Crippen molar-refractivity contribution in [3.63, 3.8) is 0 Å². The molecule has 1 aliphatic rings. The highest BCUT2D eigenvalue weighted by molar-refractivity contribution is 6.31. The van der Waals surface area contributed by atoms with Crippen molar-refractivity contribution in [2.45, 2.75) is 19.5 Å². The number of rotatable bonds is 9. The third kappa shape index (κ3) is 5.86. The number of aryl methyl sites for hydroxylation is 3. The summed E-state index contributed by atoms with van der Waals surface area (Å²) in [6.07, 6.45) is 4.20. The number of carbonyl (C=O) groups excluding carboxylic acids is 3. The van der Waals surface area contributed by atoms with Crippen LogP contribution in [0.2, 0.25) is 5.02 Å². The van der Waals surface area contributed by atoms with Crippen molar-refractivity contribution in [3.8, 4) is 5.75 Å². The number of carbonyl (C=O) groups is 3. The Morgan fingerprint density at radius 1 is 1.12 bits per heavy atom. The molecule has 3 amide bonds. The van der Waals surface area contributed by atoms with Crippen LogP contribution in [0.15, 0.2) is 30.6 Å². The zero-order valence-corrected chi connectivity index (χ0v) is 19.0. The molecule has 4 rings (SSSR count). The highest BCUT2D eigenvalue weighted by Crippen LogP contribution is 2.34. The monoisotopic (exact) mass is 487 g/mol. The van der Waals surface area contributed by atoms with E-state index in [2.05, 4.69) is 31.3 Å². The van der Waals surface area contributed by atoms with Gasteiger partial charge in [0.25, 0.3) is 5.91 Å². The van der Waals surface area contributed by atoms with Crippen LogP contribution in [-0.4, -0.2) is 67.4 Å². The predicted molar refractivity (Wildman–Crippen MR) is 119 cm³/mol. The number of anilines is 1. The van der Waals surface area contributed by atoms with Crippen molar-refractivity contribution in [2.24, 2.45) is 7.05 Å². The summed E-state index contributed by atoms with van der Waals surface area (Å²) in [7, 11) is 1.80. The summed E-state index contributed by atoms with van der Waals surface area (Å²) in [5.41, 5.74) is 1.82. The van der Waals surface area contributed by atoms with E-state index >= 15 is 0 Å². The van der Waals surface area contributed by atoms with E-state index in [4.69, 9.17) is 16.3 Å². The number of ether oxygens (including phenoxy) is 1. The zero-order valence-electron chi connectivity index (χ0n) is 18.3. The van der Waals surface area contributed by atoms with Gasteiger partial charge in [-0.1, -0.05) is 22.0 Å².